The highest BCUT2D eigenvalue weighted by Gasteiger charge is 2.19. The first-order chi connectivity index (χ1) is 11.3. The Hall–Kier alpha value is -2.70. The van der Waals surface area contributed by atoms with E-state index in [0.717, 1.165) is 5.56 Å². The van der Waals surface area contributed by atoms with Gasteiger partial charge in [0.2, 0.25) is 5.95 Å². The number of nitrogens with zero attached hydrogens (tertiary/aromatic N) is 3. The van der Waals surface area contributed by atoms with Crippen LogP contribution in [0, 0.1) is 5.82 Å². The van der Waals surface area contributed by atoms with Gasteiger partial charge in [0.05, 0.1) is 11.7 Å². The zero-order chi connectivity index (χ0) is 17.3. The molecule has 126 valence electrons. The second-order valence-electron chi connectivity index (χ2n) is 6.69. The molecule has 0 radical (unpaired) electrons. The standard InChI is InChI=1S/C17H20FN5O/c1-17(2,3)23-14-13(10-20-23)15(24)22-16(21-14)19-8-7-11-5-4-6-12(18)9-11/h4-6,9-10H,7-8H2,1-3H3,(H2,19,21,22,24). The monoisotopic (exact) mass is 329 g/mol. The minimum absolute atomic E-state index is 0.233. The van der Waals surface area contributed by atoms with Gasteiger partial charge in [-0.05, 0) is 44.9 Å². The van der Waals surface area contributed by atoms with Crippen LogP contribution in [-0.2, 0) is 12.0 Å². The molecule has 6 nitrogen and oxygen atoms in total. The molecule has 0 saturated heterocycles. The summed E-state index contributed by atoms with van der Waals surface area (Å²) in [7, 11) is 0. The maximum Gasteiger partial charge on any atom is 0.263 e. The summed E-state index contributed by atoms with van der Waals surface area (Å²) >= 11 is 0. The van der Waals surface area contributed by atoms with Crippen molar-refractivity contribution in [1.29, 1.82) is 0 Å². The molecular formula is C17H20FN5O. The third kappa shape index (κ3) is 3.29. The number of rotatable bonds is 4. The first kappa shape index (κ1) is 16.2. The first-order valence-electron chi connectivity index (χ1n) is 7.81. The van der Waals surface area contributed by atoms with Crippen molar-refractivity contribution in [2.24, 2.45) is 0 Å². The molecule has 0 aliphatic carbocycles. The summed E-state index contributed by atoms with van der Waals surface area (Å²) in [4.78, 5) is 19.4. The topological polar surface area (TPSA) is 75.6 Å². The smallest absolute Gasteiger partial charge is 0.263 e. The molecule has 0 unspecified atom stereocenters. The fourth-order valence-corrected chi connectivity index (χ4v) is 2.51. The van der Waals surface area contributed by atoms with Gasteiger partial charge in [-0.25, -0.2) is 9.07 Å². The number of halogens is 1. The van der Waals surface area contributed by atoms with Crippen LogP contribution in [0.25, 0.3) is 11.0 Å². The fraction of sp³-hybridized carbons (Fsp3) is 0.353. The van der Waals surface area contributed by atoms with Crippen LogP contribution >= 0.6 is 0 Å². The Balaban J connectivity index is 1.81. The molecular weight excluding hydrogens is 309 g/mol. The Bertz CT molecular complexity index is 923. The van der Waals surface area contributed by atoms with Gasteiger partial charge in [0, 0.05) is 6.54 Å². The Kier molecular flexibility index (Phi) is 4.09. The summed E-state index contributed by atoms with van der Waals surface area (Å²) in [6, 6.07) is 6.45. The molecule has 24 heavy (non-hydrogen) atoms. The molecule has 1 aromatic carbocycles. The number of hydrogen-bond acceptors (Lipinski definition) is 4. The van der Waals surface area contributed by atoms with Gasteiger partial charge in [-0.3, -0.25) is 9.78 Å². The molecule has 0 aliphatic heterocycles. The Morgan fingerprint density at radius 3 is 2.83 bits per heavy atom. The molecule has 2 aromatic heterocycles. The van der Waals surface area contributed by atoms with Gasteiger partial charge >= 0.3 is 0 Å². The lowest BCUT2D eigenvalue weighted by molar-refractivity contribution is 0.366. The summed E-state index contributed by atoms with van der Waals surface area (Å²) in [5.74, 6) is 0.129. The highest BCUT2D eigenvalue weighted by Crippen LogP contribution is 2.18. The second kappa shape index (κ2) is 6.07. The third-order valence-electron chi connectivity index (χ3n) is 3.67. The quantitative estimate of drug-likeness (QED) is 0.771. The van der Waals surface area contributed by atoms with Gasteiger partial charge in [-0.1, -0.05) is 12.1 Å². The van der Waals surface area contributed by atoms with E-state index >= 15 is 0 Å². The largest absolute Gasteiger partial charge is 0.355 e. The van der Waals surface area contributed by atoms with Crippen LogP contribution in [-0.4, -0.2) is 26.3 Å². The number of benzene rings is 1. The average Bonchev–Trinajstić information content (AvgIpc) is 2.92. The van der Waals surface area contributed by atoms with Crippen molar-refractivity contribution < 1.29 is 4.39 Å². The summed E-state index contributed by atoms with van der Waals surface area (Å²) in [6.07, 6.45) is 2.15. The van der Waals surface area contributed by atoms with E-state index in [-0.39, 0.29) is 16.9 Å². The molecule has 0 saturated carbocycles. The van der Waals surface area contributed by atoms with E-state index < -0.39 is 0 Å². The molecule has 0 atom stereocenters. The highest BCUT2D eigenvalue weighted by molar-refractivity contribution is 5.74. The fourth-order valence-electron chi connectivity index (χ4n) is 2.51. The van der Waals surface area contributed by atoms with Crippen LogP contribution in [0.4, 0.5) is 10.3 Å². The van der Waals surface area contributed by atoms with E-state index in [1.54, 1.807) is 10.7 Å². The molecule has 0 aliphatic rings. The van der Waals surface area contributed by atoms with Crippen molar-refractivity contribution in [2.75, 3.05) is 11.9 Å². The van der Waals surface area contributed by atoms with Crippen LogP contribution in [0.15, 0.2) is 35.3 Å². The number of fused-ring (bicyclic) bond motifs is 1. The van der Waals surface area contributed by atoms with Crippen molar-refractivity contribution in [2.45, 2.75) is 32.7 Å². The van der Waals surface area contributed by atoms with E-state index in [1.807, 2.05) is 26.8 Å². The van der Waals surface area contributed by atoms with Crippen LogP contribution in [0.5, 0.6) is 0 Å². The van der Waals surface area contributed by atoms with E-state index in [4.69, 9.17) is 0 Å². The van der Waals surface area contributed by atoms with Crippen LogP contribution < -0.4 is 10.9 Å². The number of aromatic nitrogens is 4. The summed E-state index contributed by atoms with van der Waals surface area (Å²) in [5, 5.41) is 7.81. The predicted octanol–water partition coefficient (Wildman–Crippen LogP) is 2.67. The first-order valence-corrected chi connectivity index (χ1v) is 7.81. The van der Waals surface area contributed by atoms with Crippen LogP contribution in [0.1, 0.15) is 26.3 Å². The predicted molar refractivity (Wildman–Crippen MR) is 91.7 cm³/mol. The number of H-pyrrole nitrogens is 1. The molecule has 0 amide bonds. The van der Waals surface area contributed by atoms with Gasteiger partial charge in [0.25, 0.3) is 5.56 Å². The Morgan fingerprint density at radius 1 is 1.33 bits per heavy atom. The van der Waals surface area contributed by atoms with Gasteiger partial charge < -0.3 is 5.32 Å². The van der Waals surface area contributed by atoms with Crippen LogP contribution in [0.2, 0.25) is 0 Å². The van der Waals surface area contributed by atoms with Crippen LogP contribution in [0.3, 0.4) is 0 Å². The van der Waals surface area contributed by atoms with Crippen molar-refractivity contribution in [3.63, 3.8) is 0 Å². The molecule has 7 heteroatoms. The molecule has 0 fully saturated rings. The van der Waals surface area contributed by atoms with E-state index in [0.29, 0.717) is 29.9 Å². The average molecular weight is 329 g/mol. The molecule has 2 heterocycles. The molecule has 3 rings (SSSR count). The number of hydrogen-bond donors (Lipinski definition) is 2. The Labute approximate surface area is 138 Å². The van der Waals surface area contributed by atoms with E-state index in [2.05, 4.69) is 20.4 Å². The normalized spacial score (nSPS) is 11.8. The zero-order valence-electron chi connectivity index (χ0n) is 13.9. The zero-order valence-corrected chi connectivity index (χ0v) is 13.9. The van der Waals surface area contributed by atoms with E-state index in [1.165, 1.54) is 18.3 Å². The molecule has 0 bridgehead atoms. The molecule has 2 N–H and O–H groups in total. The summed E-state index contributed by atoms with van der Waals surface area (Å²) in [6.45, 7) is 6.53. The van der Waals surface area contributed by atoms with Crippen molar-refractivity contribution >= 4 is 17.0 Å². The minimum atomic E-state index is -0.276. The summed E-state index contributed by atoms with van der Waals surface area (Å²) in [5.41, 5.74) is 0.912. The second-order valence-corrected chi connectivity index (χ2v) is 6.69. The van der Waals surface area contributed by atoms with E-state index in [9.17, 15) is 9.18 Å². The van der Waals surface area contributed by atoms with Gasteiger partial charge in [0.1, 0.15) is 11.2 Å². The van der Waals surface area contributed by atoms with Gasteiger partial charge in [-0.15, -0.1) is 0 Å². The van der Waals surface area contributed by atoms with Gasteiger partial charge in [0.15, 0.2) is 5.65 Å². The van der Waals surface area contributed by atoms with Crippen molar-refractivity contribution in [3.8, 4) is 0 Å². The Morgan fingerprint density at radius 2 is 2.12 bits per heavy atom. The van der Waals surface area contributed by atoms with Crippen molar-refractivity contribution in [1.82, 2.24) is 19.7 Å². The van der Waals surface area contributed by atoms with Gasteiger partial charge in [-0.2, -0.15) is 10.1 Å². The SMILES string of the molecule is CC(C)(C)n1ncc2c(=O)[nH]c(NCCc3cccc(F)c3)nc21. The van der Waals surface area contributed by atoms with Crippen molar-refractivity contribution in [3.05, 3.63) is 52.2 Å². The minimum Gasteiger partial charge on any atom is -0.355 e. The number of nitrogens with one attached hydrogen (secondary N) is 2. The number of aromatic amines is 1. The number of anilines is 1. The summed E-state index contributed by atoms with van der Waals surface area (Å²) < 4.78 is 14.9. The third-order valence-corrected chi connectivity index (χ3v) is 3.67. The lowest BCUT2D eigenvalue weighted by atomic mass is 10.1. The maximum atomic E-state index is 13.2. The molecule has 0 spiro atoms. The maximum absolute atomic E-state index is 13.2. The lowest BCUT2D eigenvalue weighted by Crippen LogP contribution is -2.24. The molecule has 3 aromatic rings. The highest BCUT2D eigenvalue weighted by atomic mass is 19.1. The lowest BCUT2D eigenvalue weighted by Gasteiger charge is -2.19.